The van der Waals surface area contributed by atoms with Crippen molar-refractivity contribution in [3.63, 3.8) is 0 Å². The molecule has 0 fully saturated rings. The Hall–Kier alpha value is -3.87. The highest BCUT2D eigenvalue weighted by atomic mass is 35.5. The largest absolute Gasteiger partial charge is 0.487 e. The summed E-state index contributed by atoms with van der Waals surface area (Å²) in [6.45, 7) is 5.08. The van der Waals surface area contributed by atoms with Crippen LogP contribution in [-0.2, 0) is 16.1 Å². The number of nitro benzene ring substituents is 1. The standard InChI is InChI=1S/C28H29ClN4O5/c1-28(2)13-22-26(23(34)14-28)25(20(15-30)27(31)32(22)10-11-37-3)18-6-9-24(21(29)12-18)38-16-17-4-7-19(8-5-17)33(35)36/h4-9,12,25H,10-11,13-14,16,31H2,1-3H3/t25-/m0/s1. The first-order valence-corrected chi connectivity index (χ1v) is 12.5. The van der Waals surface area contributed by atoms with E-state index in [9.17, 15) is 20.2 Å². The van der Waals surface area contributed by atoms with Crippen LogP contribution in [0.4, 0.5) is 5.69 Å². The summed E-state index contributed by atoms with van der Waals surface area (Å²) in [5.74, 6) is 0.0673. The van der Waals surface area contributed by atoms with Crippen molar-refractivity contribution >= 4 is 23.1 Å². The Bertz CT molecular complexity index is 1370. The molecule has 0 amide bonds. The van der Waals surface area contributed by atoms with Crippen LogP contribution in [0.3, 0.4) is 0 Å². The quantitative estimate of drug-likeness (QED) is 0.359. The molecule has 1 aliphatic heterocycles. The number of allylic oxidation sites excluding steroid dienone is 3. The molecule has 0 spiro atoms. The minimum Gasteiger partial charge on any atom is -0.487 e. The first kappa shape index (κ1) is 27.2. The molecular weight excluding hydrogens is 508 g/mol. The van der Waals surface area contributed by atoms with E-state index >= 15 is 0 Å². The minimum atomic E-state index is -0.640. The lowest BCUT2D eigenvalue weighted by Crippen LogP contribution is -2.43. The summed E-state index contributed by atoms with van der Waals surface area (Å²) in [7, 11) is 1.59. The van der Waals surface area contributed by atoms with Gasteiger partial charge in [0, 0.05) is 43.5 Å². The summed E-state index contributed by atoms with van der Waals surface area (Å²) < 4.78 is 11.1. The van der Waals surface area contributed by atoms with Crippen molar-refractivity contribution in [2.75, 3.05) is 20.3 Å². The molecule has 1 aliphatic carbocycles. The van der Waals surface area contributed by atoms with Crippen molar-refractivity contribution in [3.8, 4) is 11.8 Å². The highest BCUT2D eigenvalue weighted by Gasteiger charge is 2.44. The van der Waals surface area contributed by atoms with Crippen molar-refractivity contribution in [2.45, 2.75) is 39.2 Å². The summed E-state index contributed by atoms with van der Waals surface area (Å²) in [5, 5.41) is 21.3. The Morgan fingerprint density at radius 1 is 1.24 bits per heavy atom. The number of nitrogens with zero attached hydrogens (tertiary/aromatic N) is 3. The summed E-state index contributed by atoms with van der Waals surface area (Å²) in [6.07, 6.45) is 1.00. The zero-order valence-corrected chi connectivity index (χ0v) is 22.2. The topological polar surface area (TPSA) is 132 Å². The van der Waals surface area contributed by atoms with Gasteiger partial charge in [-0.25, -0.2) is 0 Å². The lowest BCUT2D eigenvalue weighted by molar-refractivity contribution is -0.384. The molecule has 0 radical (unpaired) electrons. The maximum Gasteiger partial charge on any atom is 0.269 e. The molecule has 2 aromatic carbocycles. The Balaban J connectivity index is 1.67. The Morgan fingerprint density at radius 2 is 1.95 bits per heavy atom. The summed E-state index contributed by atoms with van der Waals surface area (Å²) >= 11 is 6.59. The average molecular weight is 537 g/mol. The molecule has 1 atom stereocenters. The van der Waals surface area contributed by atoms with E-state index in [0.29, 0.717) is 59.3 Å². The molecule has 0 saturated carbocycles. The van der Waals surface area contributed by atoms with E-state index in [1.54, 1.807) is 37.4 Å². The SMILES string of the molecule is COCCN1C(N)=C(C#N)[C@H](c2ccc(OCc3ccc([N+](=O)[O-])cc3)c(Cl)c2)C2=C1CC(C)(C)CC2=O. The number of nitro groups is 1. The molecule has 2 aliphatic rings. The van der Waals surface area contributed by atoms with Gasteiger partial charge < -0.3 is 20.1 Å². The van der Waals surface area contributed by atoms with Crippen LogP contribution in [0.25, 0.3) is 0 Å². The normalized spacial score (nSPS) is 18.8. The molecular formula is C28H29ClN4O5. The number of Topliss-reactive ketones (excluding diaryl/α,β-unsaturated/α-hetero) is 1. The number of methoxy groups -OCH3 is 1. The van der Waals surface area contributed by atoms with Gasteiger partial charge in [-0.3, -0.25) is 14.9 Å². The van der Waals surface area contributed by atoms with Crippen LogP contribution < -0.4 is 10.5 Å². The summed E-state index contributed by atoms with van der Waals surface area (Å²) in [4.78, 5) is 25.7. The fraction of sp³-hybridized carbons (Fsp3) is 0.357. The van der Waals surface area contributed by atoms with Crippen LogP contribution in [0.2, 0.25) is 5.02 Å². The van der Waals surface area contributed by atoms with E-state index in [1.807, 2.05) is 18.7 Å². The van der Waals surface area contributed by atoms with Crippen LogP contribution in [0, 0.1) is 26.9 Å². The number of hydrogen-bond donors (Lipinski definition) is 1. The van der Waals surface area contributed by atoms with Gasteiger partial charge in [0.15, 0.2) is 5.78 Å². The van der Waals surface area contributed by atoms with Crippen LogP contribution in [0.5, 0.6) is 5.75 Å². The van der Waals surface area contributed by atoms with E-state index in [4.69, 9.17) is 26.8 Å². The Labute approximate surface area is 226 Å². The van der Waals surface area contributed by atoms with E-state index in [1.165, 1.54) is 12.1 Å². The second kappa shape index (κ2) is 10.9. The fourth-order valence-corrected chi connectivity index (χ4v) is 5.28. The highest BCUT2D eigenvalue weighted by molar-refractivity contribution is 6.32. The van der Waals surface area contributed by atoms with E-state index < -0.39 is 10.8 Å². The number of hydrogen-bond acceptors (Lipinski definition) is 8. The molecule has 0 aromatic heterocycles. The molecule has 0 saturated heterocycles. The molecule has 38 heavy (non-hydrogen) atoms. The number of carbonyl (C=O) groups excluding carboxylic acids is 1. The van der Waals surface area contributed by atoms with Gasteiger partial charge in [0.05, 0.1) is 34.1 Å². The van der Waals surface area contributed by atoms with Gasteiger partial charge in [-0.05, 0) is 47.2 Å². The second-order valence-electron chi connectivity index (χ2n) is 10.2. The molecule has 0 unspecified atom stereocenters. The number of ether oxygens (including phenoxy) is 2. The van der Waals surface area contributed by atoms with Crippen molar-refractivity contribution in [3.05, 3.63) is 91.4 Å². The van der Waals surface area contributed by atoms with Crippen LogP contribution >= 0.6 is 11.6 Å². The van der Waals surface area contributed by atoms with Gasteiger partial charge in [0.1, 0.15) is 18.2 Å². The van der Waals surface area contributed by atoms with E-state index in [0.717, 1.165) is 11.3 Å². The monoisotopic (exact) mass is 536 g/mol. The Morgan fingerprint density at radius 3 is 2.55 bits per heavy atom. The third-order valence-electron chi connectivity index (χ3n) is 6.84. The predicted molar refractivity (Wildman–Crippen MR) is 142 cm³/mol. The molecule has 9 nitrogen and oxygen atoms in total. The van der Waals surface area contributed by atoms with E-state index in [2.05, 4.69) is 6.07 Å². The highest BCUT2D eigenvalue weighted by Crippen LogP contribution is 2.49. The molecule has 2 N–H and O–H groups in total. The summed E-state index contributed by atoms with van der Waals surface area (Å²) in [5.41, 5.74) is 9.39. The number of nitrogens with two attached hydrogens (primary N) is 1. The van der Waals surface area contributed by atoms with Crippen molar-refractivity contribution in [1.29, 1.82) is 5.26 Å². The second-order valence-corrected chi connectivity index (χ2v) is 10.6. The summed E-state index contributed by atoms with van der Waals surface area (Å²) in [6, 6.07) is 13.5. The number of non-ortho nitro benzene ring substituents is 1. The maximum atomic E-state index is 13.5. The molecule has 4 rings (SSSR count). The fourth-order valence-electron chi connectivity index (χ4n) is 5.04. The van der Waals surface area contributed by atoms with Gasteiger partial charge >= 0.3 is 0 Å². The zero-order valence-electron chi connectivity index (χ0n) is 21.5. The molecule has 198 valence electrons. The van der Waals surface area contributed by atoms with Gasteiger partial charge in [0.2, 0.25) is 0 Å². The number of halogens is 1. The predicted octanol–water partition coefficient (Wildman–Crippen LogP) is 5.21. The van der Waals surface area contributed by atoms with Crippen molar-refractivity contribution in [2.24, 2.45) is 11.1 Å². The number of nitriles is 1. The average Bonchev–Trinajstić information content (AvgIpc) is 2.86. The van der Waals surface area contributed by atoms with Gasteiger partial charge in [-0.2, -0.15) is 5.26 Å². The van der Waals surface area contributed by atoms with E-state index in [-0.39, 0.29) is 23.5 Å². The van der Waals surface area contributed by atoms with Crippen LogP contribution in [-0.4, -0.2) is 35.9 Å². The molecule has 2 aromatic rings. The third kappa shape index (κ3) is 5.37. The minimum absolute atomic E-state index is 0.000603. The first-order valence-electron chi connectivity index (χ1n) is 12.1. The Kier molecular flexibility index (Phi) is 7.76. The van der Waals surface area contributed by atoms with Crippen molar-refractivity contribution in [1.82, 2.24) is 4.90 Å². The van der Waals surface area contributed by atoms with Gasteiger partial charge in [-0.15, -0.1) is 0 Å². The number of carbonyl (C=O) groups is 1. The molecule has 1 heterocycles. The van der Waals surface area contributed by atoms with Gasteiger partial charge in [0.25, 0.3) is 5.69 Å². The van der Waals surface area contributed by atoms with Gasteiger partial charge in [-0.1, -0.05) is 31.5 Å². The van der Waals surface area contributed by atoms with Crippen molar-refractivity contribution < 1.29 is 19.2 Å². The lowest BCUT2D eigenvalue weighted by Gasteiger charge is -2.43. The van der Waals surface area contributed by atoms with Crippen LogP contribution in [0.1, 0.15) is 43.7 Å². The van der Waals surface area contributed by atoms with Crippen LogP contribution in [0.15, 0.2) is 65.1 Å². The third-order valence-corrected chi connectivity index (χ3v) is 7.13. The lowest BCUT2D eigenvalue weighted by atomic mass is 9.68. The smallest absolute Gasteiger partial charge is 0.269 e. The molecule has 0 bridgehead atoms. The first-order chi connectivity index (χ1) is 18.1. The molecule has 10 heteroatoms. The number of rotatable bonds is 8. The number of ketones is 1. The zero-order chi connectivity index (χ0) is 27.6. The number of benzene rings is 2. The maximum absolute atomic E-state index is 13.5.